The van der Waals surface area contributed by atoms with Crippen molar-refractivity contribution in [2.75, 3.05) is 11.1 Å². The summed E-state index contributed by atoms with van der Waals surface area (Å²) in [6.45, 7) is 0.532. The number of aromatic nitrogens is 1. The first-order chi connectivity index (χ1) is 8.68. The van der Waals surface area contributed by atoms with Gasteiger partial charge in [0.1, 0.15) is 11.4 Å². The van der Waals surface area contributed by atoms with Crippen molar-refractivity contribution in [2.24, 2.45) is 0 Å². The van der Waals surface area contributed by atoms with Gasteiger partial charge in [-0.15, -0.1) is 0 Å². The molecule has 4 N–H and O–H groups in total. The van der Waals surface area contributed by atoms with Gasteiger partial charge in [0.15, 0.2) is 0 Å². The van der Waals surface area contributed by atoms with Gasteiger partial charge in [-0.05, 0) is 11.6 Å². The number of aromatic carboxylic acids is 1. The summed E-state index contributed by atoms with van der Waals surface area (Å²) in [6, 6.07) is 11.3. The molecule has 0 unspecified atom stereocenters. The lowest BCUT2D eigenvalue weighted by atomic mass is 10.2. The summed E-state index contributed by atoms with van der Waals surface area (Å²) in [5, 5.41) is 12.1. The zero-order valence-corrected chi connectivity index (χ0v) is 9.63. The van der Waals surface area contributed by atoms with Crippen molar-refractivity contribution >= 4 is 17.5 Å². The van der Waals surface area contributed by atoms with E-state index >= 15 is 0 Å². The van der Waals surface area contributed by atoms with E-state index in [4.69, 9.17) is 10.8 Å². The van der Waals surface area contributed by atoms with Crippen LogP contribution in [0, 0.1) is 0 Å². The molecule has 1 aromatic carbocycles. The van der Waals surface area contributed by atoms with Crippen molar-refractivity contribution in [1.29, 1.82) is 0 Å². The van der Waals surface area contributed by atoms with Crippen LogP contribution >= 0.6 is 0 Å². The van der Waals surface area contributed by atoms with Crippen molar-refractivity contribution in [2.45, 2.75) is 6.54 Å². The number of pyridine rings is 1. The summed E-state index contributed by atoms with van der Waals surface area (Å²) in [5.74, 6) is -1.07. The van der Waals surface area contributed by atoms with Crippen molar-refractivity contribution < 1.29 is 9.90 Å². The van der Waals surface area contributed by atoms with Crippen molar-refractivity contribution in [3.05, 3.63) is 53.7 Å². The highest BCUT2D eigenvalue weighted by atomic mass is 16.4. The SMILES string of the molecule is Nc1nccc(NCc2ccccc2)c1C(=O)O. The molecule has 2 aromatic rings. The molecule has 2 rings (SSSR count). The Morgan fingerprint density at radius 2 is 2.00 bits per heavy atom. The van der Waals surface area contributed by atoms with Gasteiger partial charge >= 0.3 is 5.97 Å². The van der Waals surface area contributed by atoms with E-state index in [2.05, 4.69) is 10.3 Å². The quantitative estimate of drug-likeness (QED) is 0.764. The third-order valence-corrected chi connectivity index (χ3v) is 2.52. The van der Waals surface area contributed by atoms with Gasteiger partial charge in [-0.25, -0.2) is 9.78 Å². The molecule has 0 spiro atoms. The molecule has 1 heterocycles. The molecule has 0 saturated heterocycles. The van der Waals surface area contributed by atoms with Crippen molar-refractivity contribution in [3.63, 3.8) is 0 Å². The fourth-order valence-electron chi connectivity index (χ4n) is 1.64. The molecule has 0 atom stereocenters. The van der Waals surface area contributed by atoms with Crippen LogP contribution in [-0.2, 0) is 6.54 Å². The van der Waals surface area contributed by atoms with Crippen LogP contribution in [0.2, 0.25) is 0 Å². The lowest BCUT2D eigenvalue weighted by Crippen LogP contribution is -2.10. The number of hydrogen-bond acceptors (Lipinski definition) is 4. The smallest absolute Gasteiger partial charge is 0.341 e. The third kappa shape index (κ3) is 2.57. The first kappa shape index (κ1) is 11.9. The number of hydrogen-bond donors (Lipinski definition) is 3. The molecule has 5 nitrogen and oxygen atoms in total. The van der Waals surface area contributed by atoms with Crippen LogP contribution in [0.25, 0.3) is 0 Å². The fourth-order valence-corrected chi connectivity index (χ4v) is 1.64. The zero-order chi connectivity index (χ0) is 13.0. The molecule has 1 aromatic heterocycles. The molecule has 0 saturated carbocycles. The van der Waals surface area contributed by atoms with Crippen LogP contribution in [0.5, 0.6) is 0 Å². The van der Waals surface area contributed by atoms with E-state index in [-0.39, 0.29) is 11.4 Å². The average Bonchev–Trinajstić information content (AvgIpc) is 2.37. The molecule has 5 heteroatoms. The maximum absolute atomic E-state index is 11.1. The van der Waals surface area contributed by atoms with Gasteiger partial charge in [0, 0.05) is 12.7 Å². The number of nitrogens with zero attached hydrogens (tertiary/aromatic N) is 1. The molecule has 0 amide bonds. The van der Waals surface area contributed by atoms with E-state index in [0.717, 1.165) is 5.56 Å². The first-order valence-electron chi connectivity index (χ1n) is 5.44. The molecule has 0 radical (unpaired) electrons. The summed E-state index contributed by atoms with van der Waals surface area (Å²) in [6.07, 6.45) is 1.48. The number of benzene rings is 1. The fraction of sp³-hybridized carbons (Fsp3) is 0.0769. The van der Waals surface area contributed by atoms with Gasteiger partial charge in [0.25, 0.3) is 0 Å². The van der Waals surface area contributed by atoms with Gasteiger partial charge in [-0.2, -0.15) is 0 Å². The average molecular weight is 243 g/mol. The van der Waals surface area contributed by atoms with Crippen LogP contribution in [0.1, 0.15) is 15.9 Å². The van der Waals surface area contributed by atoms with Gasteiger partial charge < -0.3 is 16.2 Å². The Bertz CT molecular complexity index is 555. The monoisotopic (exact) mass is 243 g/mol. The Morgan fingerprint density at radius 1 is 1.28 bits per heavy atom. The summed E-state index contributed by atoms with van der Waals surface area (Å²) < 4.78 is 0. The number of carbonyl (C=O) groups is 1. The van der Waals surface area contributed by atoms with Crippen LogP contribution in [0.15, 0.2) is 42.6 Å². The molecule has 92 valence electrons. The Hall–Kier alpha value is -2.56. The summed E-state index contributed by atoms with van der Waals surface area (Å²) in [7, 11) is 0. The summed E-state index contributed by atoms with van der Waals surface area (Å²) >= 11 is 0. The highest BCUT2D eigenvalue weighted by Gasteiger charge is 2.14. The number of carboxylic acid groups (broad SMARTS) is 1. The number of rotatable bonds is 4. The minimum Gasteiger partial charge on any atom is -0.477 e. The number of carboxylic acids is 1. The number of nitrogens with two attached hydrogens (primary N) is 1. The minimum absolute atomic E-state index is 0.00781. The predicted octanol–water partition coefficient (Wildman–Crippen LogP) is 1.97. The summed E-state index contributed by atoms with van der Waals surface area (Å²) in [4.78, 5) is 14.9. The minimum atomic E-state index is -1.09. The van der Waals surface area contributed by atoms with Crippen LogP contribution in [0.4, 0.5) is 11.5 Å². The first-order valence-corrected chi connectivity index (χ1v) is 5.44. The van der Waals surface area contributed by atoms with Gasteiger partial charge in [-0.3, -0.25) is 0 Å². The van der Waals surface area contributed by atoms with E-state index in [1.54, 1.807) is 6.07 Å². The number of nitrogen functional groups attached to an aromatic ring is 1. The Morgan fingerprint density at radius 3 is 2.67 bits per heavy atom. The van der Waals surface area contributed by atoms with E-state index in [1.165, 1.54) is 6.20 Å². The lowest BCUT2D eigenvalue weighted by Gasteiger charge is -2.10. The van der Waals surface area contributed by atoms with E-state index in [1.807, 2.05) is 30.3 Å². The third-order valence-electron chi connectivity index (χ3n) is 2.52. The second kappa shape index (κ2) is 5.18. The zero-order valence-electron chi connectivity index (χ0n) is 9.63. The van der Waals surface area contributed by atoms with Crippen molar-refractivity contribution in [3.8, 4) is 0 Å². The van der Waals surface area contributed by atoms with Gasteiger partial charge in [0.2, 0.25) is 0 Å². The van der Waals surface area contributed by atoms with E-state index < -0.39 is 5.97 Å². The highest BCUT2D eigenvalue weighted by molar-refractivity contribution is 5.98. The maximum Gasteiger partial charge on any atom is 0.341 e. The van der Waals surface area contributed by atoms with Crippen LogP contribution in [-0.4, -0.2) is 16.1 Å². The van der Waals surface area contributed by atoms with Crippen LogP contribution < -0.4 is 11.1 Å². The molecule has 0 aliphatic rings. The second-order valence-corrected chi connectivity index (χ2v) is 3.76. The Kier molecular flexibility index (Phi) is 3.43. The largest absolute Gasteiger partial charge is 0.477 e. The Balaban J connectivity index is 2.20. The molecular formula is C13H13N3O2. The van der Waals surface area contributed by atoms with E-state index in [9.17, 15) is 4.79 Å². The van der Waals surface area contributed by atoms with Gasteiger partial charge in [0.05, 0.1) is 5.69 Å². The van der Waals surface area contributed by atoms with Crippen molar-refractivity contribution in [1.82, 2.24) is 4.98 Å². The topological polar surface area (TPSA) is 88.2 Å². The van der Waals surface area contributed by atoms with Crippen LogP contribution in [0.3, 0.4) is 0 Å². The Labute approximate surface area is 104 Å². The van der Waals surface area contributed by atoms with E-state index in [0.29, 0.717) is 12.2 Å². The standard InChI is InChI=1S/C13H13N3O2/c14-12-11(13(17)18)10(6-7-15-12)16-8-9-4-2-1-3-5-9/h1-7H,8H2,(H,17,18)(H3,14,15,16). The molecule has 0 fully saturated rings. The molecule has 18 heavy (non-hydrogen) atoms. The summed E-state index contributed by atoms with van der Waals surface area (Å²) in [5.41, 5.74) is 7.10. The molecule has 0 bridgehead atoms. The lowest BCUT2D eigenvalue weighted by molar-refractivity contribution is 0.0698. The normalized spacial score (nSPS) is 10.0. The molecule has 0 aliphatic heterocycles. The van der Waals surface area contributed by atoms with Gasteiger partial charge in [-0.1, -0.05) is 30.3 Å². The maximum atomic E-state index is 11.1. The number of anilines is 2. The predicted molar refractivity (Wildman–Crippen MR) is 69.4 cm³/mol. The number of nitrogens with one attached hydrogen (secondary N) is 1. The second-order valence-electron chi connectivity index (χ2n) is 3.76. The molecular weight excluding hydrogens is 230 g/mol. The highest BCUT2D eigenvalue weighted by Crippen LogP contribution is 2.20. The molecule has 0 aliphatic carbocycles.